The van der Waals surface area contributed by atoms with Crippen LogP contribution in [0.5, 0.6) is 0 Å². The van der Waals surface area contributed by atoms with E-state index in [1.165, 1.54) is 0 Å². The predicted octanol–water partition coefficient (Wildman–Crippen LogP) is 5.60. The topological polar surface area (TPSA) is 41.8 Å². The Bertz CT molecular complexity index is 1390. The molecule has 0 saturated carbocycles. The second kappa shape index (κ2) is 10.7. The highest BCUT2D eigenvalue weighted by Crippen LogP contribution is 2.48. The maximum atomic E-state index is 14.2. The summed E-state index contributed by atoms with van der Waals surface area (Å²) in [5, 5.41) is 4.81. The second-order valence-electron chi connectivity index (χ2n) is 8.48. The SMILES string of the molecule is CCSC1=NC(c2ccc(C)cc2)=NC(=O)C1=P(c1ccccc1)(c1ccccc1)c1ccccc1. The molecule has 5 heteroatoms. The molecule has 0 N–H and O–H groups in total. The second-order valence-corrected chi connectivity index (χ2v) is 13.1. The van der Waals surface area contributed by atoms with Crippen LogP contribution in [-0.4, -0.2) is 27.8 Å². The van der Waals surface area contributed by atoms with Gasteiger partial charge in [0, 0.05) is 5.56 Å². The number of nitrogens with zero attached hydrogens (tertiary/aromatic N) is 2. The summed E-state index contributed by atoms with van der Waals surface area (Å²) in [5.74, 6) is 1.07. The fraction of sp³-hybridized carbons (Fsp3) is 0.0968. The van der Waals surface area contributed by atoms with Gasteiger partial charge in [0.05, 0.1) is 5.29 Å². The van der Waals surface area contributed by atoms with E-state index < -0.39 is 6.89 Å². The highest BCUT2D eigenvalue weighted by molar-refractivity contribution is 8.18. The van der Waals surface area contributed by atoms with Crippen molar-refractivity contribution in [1.82, 2.24) is 0 Å². The lowest BCUT2D eigenvalue weighted by Gasteiger charge is -2.33. The van der Waals surface area contributed by atoms with Gasteiger partial charge in [-0.15, -0.1) is 11.8 Å². The summed E-state index contributed by atoms with van der Waals surface area (Å²) in [6.07, 6.45) is 0. The Morgan fingerprint density at radius 3 is 1.58 bits per heavy atom. The fourth-order valence-electron chi connectivity index (χ4n) is 4.56. The Kier molecular flexibility index (Phi) is 7.18. The molecule has 178 valence electrons. The first-order chi connectivity index (χ1) is 17.6. The summed E-state index contributed by atoms with van der Waals surface area (Å²) < 4.78 is 0. The molecule has 1 heterocycles. The van der Waals surface area contributed by atoms with Crippen LogP contribution in [0.3, 0.4) is 0 Å². The quantitative estimate of drug-likeness (QED) is 0.331. The summed E-state index contributed by atoms with van der Waals surface area (Å²) in [6.45, 7) is 1.55. The van der Waals surface area contributed by atoms with Gasteiger partial charge in [-0.05, 0) is 35.5 Å². The van der Waals surface area contributed by atoms with Crippen LogP contribution >= 0.6 is 18.6 Å². The van der Waals surface area contributed by atoms with Crippen molar-refractivity contribution < 1.29 is 4.79 Å². The molecule has 3 nitrogen and oxygen atoms in total. The van der Waals surface area contributed by atoms with Crippen LogP contribution in [0.1, 0.15) is 18.1 Å². The molecule has 1 aliphatic rings. The van der Waals surface area contributed by atoms with Crippen LogP contribution in [0.2, 0.25) is 0 Å². The average Bonchev–Trinajstić information content (AvgIpc) is 2.93. The molecule has 0 unspecified atom stereocenters. The molecule has 0 atom stereocenters. The minimum atomic E-state index is -2.59. The number of carbonyl (C=O) groups is 1. The molecule has 0 radical (unpaired) electrons. The number of aryl methyl sites for hydroxylation is 1. The van der Waals surface area contributed by atoms with Crippen LogP contribution in [-0.2, 0) is 4.79 Å². The highest BCUT2D eigenvalue weighted by atomic mass is 32.2. The Morgan fingerprint density at radius 2 is 1.14 bits per heavy atom. The van der Waals surface area contributed by atoms with Crippen LogP contribution in [0.4, 0.5) is 0 Å². The Hall–Kier alpha value is -3.46. The standard InChI is InChI=1S/C31H27N2OPS/c1-3-36-31-28(30(34)32-29(33-31)24-21-19-23(2)20-22-24)35(25-13-7-4-8-14-25,26-15-9-5-10-16-26)27-17-11-6-12-18-27/h4-22H,3H2,1-2H3. The van der Waals surface area contributed by atoms with Gasteiger partial charge in [0.2, 0.25) is 0 Å². The van der Waals surface area contributed by atoms with Crippen molar-refractivity contribution in [2.75, 3.05) is 5.75 Å². The smallest absolute Gasteiger partial charge is 0.267 e. The molecule has 0 aromatic heterocycles. The van der Waals surface area contributed by atoms with Gasteiger partial charge in [-0.1, -0.05) is 128 Å². The summed E-state index contributed by atoms with van der Waals surface area (Å²) in [5.41, 5.74) is 2.01. The first-order valence-corrected chi connectivity index (χ1v) is 14.8. The van der Waals surface area contributed by atoms with E-state index in [0.29, 0.717) is 11.1 Å². The molecule has 36 heavy (non-hydrogen) atoms. The molecule has 0 spiro atoms. The van der Waals surface area contributed by atoms with Crippen molar-refractivity contribution in [2.24, 2.45) is 9.98 Å². The van der Waals surface area contributed by atoms with Gasteiger partial charge in [0.15, 0.2) is 5.84 Å². The van der Waals surface area contributed by atoms with Crippen molar-refractivity contribution >= 4 is 56.6 Å². The van der Waals surface area contributed by atoms with Gasteiger partial charge in [-0.3, -0.25) is 4.79 Å². The molecule has 0 aliphatic carbocycles. The van der Waals surface area contributed by atoms with E-state index >= 15 is 0 Å². The number of carbonyl (C=O) groups excluding carboxylic acids is 1. The summed E-state index contributed by atoms with van der Waals surface area (Å²) in [4.78, 5) is 23.9. The number of aliphatic imine (C=N–C) groups is 2. The molecular weight excluding hydrogens is 479 g/mol. The van der Waals surface area contributed by atoms with Crippen LogP contribution in [0, 0.1) is 6.92 Å². The van der Waals surface area contributed by atoms with Gasteiger partial charge in [0.25, 0.3) is 5.91 Å². The molecule has 0 saturated heterocycles. The molecule has 4 aromatic rings. The lowest BCUT2D eigenvalue weighted by Crippen LogP contribution is -2.38. The van der Waals surface area contributed by atoms with Crippen LogP contribution in [0.25, 0.3) is 0 Å². The largest absolute Gasteiger partial charge is 0.282 e. The van der Waals surface area contributed by atoms with E-state index in [-0.39, 0.29) is 5.91 Å². The van der Waals surface area contributed by atoms with Crippen molar-refractivity contribution in [2.45, 2.75) is 13.8 Å². The third-order valence-electron chi connectivity index (χ3n) is 6.18. The number of rotatable bonds is 5. The Labute approximate surface area is 217 Å². The number of hydrogen-bond acceptors (Lipinski definition) is 3. The zero-order chi connectivity index (χ0) is 25.0. The van der Waals surface area contributed by atoms with Crippen LogP contribution < -0.4 is 15.9 Å². The molecule has 4 aromatic carbocycles. The fourth-order valence-corrected chi connectivity index (χ4v) is 10.0. The molecular formula is C31H27N2OPS. The lowest BCUT2D eigenvalue weighted by molar-refractivity contribution is -0.111. The van der Waals surface area contributed by atoms with Gasteiger partial charge >= 0.3 is 0 Å². The van der Waals surface area contributed by atoms with Crippen molar-refractivity contribution in [3.05, 3.63) is 126 Å². The summed E-state index contributed by atoms with van der Waals surface area (Å²) in [6, 6.07) is 39.2. The first-order valence-electron chi connectivity index (χ1n) is 12.0. The Morgan fingerprint density at radius 1 is 0.667 bits per heavy atom. The molecule has 1 amide bonds. The molecule has 1 aliphatic heterocycles. The van der Waals surface area contributed by atoms with Gasteiger partial charge in [-0.25, -0.2) is 4.99 Å². The molecule has 5 rings (SSSR count). The third-order valence-corrected chi connectivity index (χ3v) is 11.5. The van der Waals surface area contributed by atoms with Crippen molar-refractivity contribution in [1.29, 1.82) is 0 Å². The zero-order valence-corrected chi connectivity index (χ0v) is 22.0. The maximum Gasteiger partial charge on any atom is 0.282 e. The van der Waals surface area contributed by atoms with E-state index in [1.807, 2.05) is 49.4 Å². The van der Waals surface area contributed by atoms with E-state index in [2.05, 4.69) is 84.7 Å². The van der Waals surface area contributed by atoms with E-state index in [1.54, 1.807) is 11.8 Å². The van der Waals surface area contributed by atoms with Crippen LogP contribution in [0.15, 0.2) is 125 Å². The van der Waals surface area contributed by atoms with Gasteiger partial charge < -0.3 is 0 Å². The summed E-state index contributed by atoms with van der Waals surface area (Å²) in [7, 11) is 0. The number of hydrogen-bond donors (Lipinski definition) is 0. The molecule has 0 bridgehead atoms. The first kappa shape index (κ1) is 24.2. The van der Waals surface area contributed by atoms with E-state index in [0.717, 1.165) is 37.8 Å². The van der Waals surface area contributed by atoms with Crippen molar-refractivity contribution in [3.8, 4) is 0 Å². The lowest BCUT2D eigenvalue weighted by atomic mass is 10.1. The number of amides is 1. The minimum Gasteiger partial charge on any atom is -0.267 e. The number of amidine groups is 1. The zero-order valence-electron chi connectivity index (χ0n) is 20.3. The average molecular weight is 507 g/mol. The van der Waals surface area contributed by atoms with Gasteiger partial charge in [0.1, 0.15) is 5.04 Å². The van der Waals surface area contributed by atoms with E-state index in [4.69, 9.17) is 4.99 Å². The minimum absolute atomic E-state index is 0.207. The highest BCUT2D eigenvalue weighted by Gasteiger charge is 2.37. The predicted molar refractivity (Wildman–Crippen MR) is 158 cm³/mol. The van der Waals surface area contributed by atoms with E-state index in [9.17, 15) is 4.79 Å². The molecule has 0 fully saturated rings. The van der Waals surface area contributed by atoms with Gasteiger partial charge in [-0.2, -0.15) is 4.99 Å². The normalized spacial score (nSPS) is 13.8. The van der Waals surface area contributed by atoms with Crippen molar-refractivity contribution in [3.63, 3.8) is 0 Å². The number of benzene rings is 4. The third kappa shape index (κ3) is 4.43. The summed E-state index contributed by atoms with van der Waals surface area (Å²) >= 11 is 1.62. The Balaban J connectivity index is 1.91. The monoisotopic (exact) mass is 506 g/mol. The number of thioether (sulfide) groups is 1. The maximum absolute atomic E-state index is 14.2.